The van der Waals surface area contributed by atoms with Gasteiger partial charge in [0.05, 0.1) is 44.0 Å². The van der Waals surface area contributed by atoms with Crippen LogP contribution in [0.2, 0.25) is 0 Å². The molecule has 1 aliphatic heterocycles. The van der Waals surface area contributed by atoms with Crippen molar-refractivity contribution >= 4 is 23.4 Å². The first-order chi connectivity index (χ1) is 20.9. The Morgan fingerprint density at radius 3 is 2.44 bits per heavy atom. The van der Waals surface area contributed by atoms with E-state index >= 15 is 0 Å². The molecule has 2 heterocycles. The van der Waals surface area contributed by atoms with Crippen molar-refractivity contribution in [2.45, 2.75) is 25.6 Å². The molecule has 1 aromatic carbocycles. The second-order valence-corrected chi connectivity index (χ2v) is 9.35. The van der Waals surface area contributed by atoms with E-state index in [1.54, 1.807) is 18.2 Å². The number of carbonyl (C=O) groups is 2. The molecule has 2 aromatic rings. The van der Waals surface area contributed by atoms with Crippen molar-refractivity contribution in [2.75, 3.05) is 65.2 Å². The fourth-order valence-electron chi connectivity index (χ4n) is 4.44. The van der Waals surface area contributed by atoms with Crippen molar-refractivity contribution in [1.29, 1.82) is 0 Å². The zero-order valence-electron chi connectivity index (χ0n) is 24.2. The van der Waals surface area contributed by atoms with Crippen LogP contribution >= 0.6 is 0 Å². The highest BCUT2D eigenvalue weighted by Gasteiger charge is 2.38. The first-order valence-corrected chi connectivity index (χ1v) is 13.9. The summed E-state index contributed by atoms with van der Waals surface area (Å²) in [7, 11) is 1.32. The number of aromatic nitrogens is 1. The van der Waals surface area contributed by atoms with E-state index in [2.05, 4.69) is 15.6 Å². The van der Waals surface area contributed by atoms with Gasteiger partial charge in [-0.05, 0) is 43.2 Å². The van der Waals surface area contributed by atoms with Gasteiger partial charge in [-0.15, -0.1) is 0 Å². The molecule has 1 aromatic heterocycles. The van der Waals surface area contributed by atoms with E-state index in [1.165, 1.54) is 19.2 Å². The Labute approximate surface area is 249 Å². The summed E-state index contributed by atoms with van der Waals surface area (Å²) in [5, 5.41) is 25.4. The molecule has 3 N–H and O–H groups in total. The highest BCUT2D eigenvalue weighted by molar-refractivity contribution is 5.92. The van der Waals surface area contributed by atoms with E-state index < -0.39 is 23.1 Å². The first kappa shape index (κ1) is 33.4. The van der Waals surface area contributed by atoms with Crippen LogP contribution in [0.4, 0.5) is 11.5 Å². The number of ether oxygens (including phenoxy) is 5. The second-order valence-electron chi connectivity index (χ2n) is 9.35. The second kappa shape index (κ2) is 17.8. The molecule has 0 radical (unpaired) electrons. The predicted octanol–water partition coefficient (Wildman–Crippen LogP) is 2.40. The number of carbonyl (C=O) groups excluding carboxylic acids is 2. The van der Waals surface area contributed by atoms with Gasteiger partial charge in [0.15, 0.2) is 5.76 Å². The number of hydrogen-bond acceptors (Lipinski definition) is 12. The topological polar surface area (TPSA) is 181 Å². The van der Waals surface area contributed by atoms with Crippen LogP contribution in [-0.4, -0.2) is 93.0 Å². The van der Waals surface area contributed by atoms with Crippen LogP contribution in [0.15, 0.2) is 54.4 Å². The van der Waals surface area contributed by atoms with Gasteiger partial charge in [-0.1, -0.05) is 12.1 Å². The van der Waals surface area contributed by atoms with Gasteiger partial charge in [0.25, 0.3) is 11.6 Å². The molecule has 0 bridgehead atoms. The number of benzene rings is 1. The molecule has 234 valence electrons. The van der Waals surface area contributed by atoms with Crippen molar-refractivity contribution < 1.29 is 43.3 Å². The molecule has 0 fully saturated rings. The fraction of sp³-hybridized carbons (Fsp3) is 0.483. The largest absolute Gasteiger partial charge is 0.465 e. The van der Waals surface area contributed by atoms with Crippen molar-refractivity contribution in [2.24, 2.45) is 5.92 Å². The SMILES string of the molecule is CCO[C@@H]1OC(C(=O)NCCNc2ccc([N+](=O)[O-])cn2)=C[C@H](c2ccc(C(=O)OC)cc2)[C@@H]1CCOCCOCCO. The lowest BCUT2D eigenvalue weighted by atomic mass is 9.81. The maximum Gasteiger partial charge on any atom is 0.337 e. The third-order valence-corrected chi connectivity index (χ3v) is 6.53. The maximum atomic E-state index is 13.1. The minimum absolute atomic E-state index is 0.0539. The molecule has 0 saturated heterocycles. The molecule has 0 unspecified atom stereocenters. The quantitative estimate of drug-likeness (QED) is 0.0983. The summed E-state index contributed by atoms with van der Waals surface area (Å²) in [4.78, 5) is 39.4. The maximum absolute atomic E-state index is 13.1. The van der Waals surface area contributed by atoms with Gasteiger partial charge in [-0.2, -0.15) is 0 Å². The summed E-state index contributed by atoms with van der Waals surface area (Å²) >= 11 is 0. The van der Waals surface area contributed by atoms with E-state index in [4.69, 9.17) is 28.8 Å². The highest BCUT2D eigenvalue weighted by atomic mass is 16.7. The van der Waals surface area contributed by atoms with Crippen LogP contribution in [0.5, 0.6) is 0 Å². The number of aliphatic hydroxyl groups is 1. The lowest BCUT2D eigenvalue weighted by molar-refractivity contribution is -0.385. The van der Waals surface area contributed by atoms with Gasteiger partial charge in [-0.25, -0.2) is 9.78 Å². The van der Waals surface area contributed by atoms with Crippen LogP contribution in [0, 0.1) is 16.0 Å². The average molecular weight is 603 g/mol. The van der Waals surface area contributed by atoms with Crippen LogP contribution < -0.4 is 10.6 Å². The molecule has 0 saturated carbocycles. The van der Waals surface area contributed by atoms with E-state index in [9.17, 15) is 19.7 Å². The molecule has 1 aliphatic rings. The number of nitrogens with one attached hydrogen (secondary N) is 2. The molecule has 14 nitrogen and oxygen atoms in total. The molecule has 14 heteroatoms. The predicted molar refractivity (Wildman–Crippen MR) is 154 cm³/mol. The number of hydrogen-bond donors (Lipinski definition) is 3. The van der Waals surface area contributed by atoms with Crippen molar-refractivity contribution in [1.82, 2.24) is 10.3 Å². The Hall–Kier alpha value is -4.11. The third-order valence-electron chi connectivity index (χ3n) is 6.53. The lowest BCUT2D eigenvalue weighted by Gasteiger charge is -2.37. The highest BCUT2D eigenvalue weighted by Crippen LogP contribution is 2.39. The van der Waals surface area contributed by atoms with Gasteiger partial charge >= 0.3 is 5.97 Å². The van der Waals surface area contributed by atoms with Gasteiger partial charge in [0.2, 0.25) is 6.29 Å². The summed E-state index contributed by atoms with van der Waals surface area (Å²) < 4.78 is 27.7. The summed E-state index contributed by atoms with van der Waals surface area (Å²) in [5.41, 5.74) is 1.14. The monoisotopic (exact) mass is 602 g/mol. The van der Waals surface area contributed by atoms with Crippen molar-refractivity contribution in [3.05, 3.63) is 75.7 Å². The van der Waals surface area contributed by atoms with Crippen LogP contribution in [-0.2, 0) is 28.5 Å². The molecular formula is C29H38N4O10. The Kier molecular flexibility index (Phi) is 13.8. The zero-order valence-corrected chi connectivity index (χ0v) is 24.2. The minimum atomic E-state index is -0.738. The molecule has 0 aliphatic carbocycles. The smallest absolute Gasteiger partial charge is 0.337 e. The number of anilines is 1. The van der Waals surface area contributed by atoms with Gasteiger partial charge in [-0.3, -0.25) is 14.9 Å². The van der Waals surface area contributed by atoms with E-state index in [1.807, 2.05) is 19.1 Å². The lowest BCUT2D eigenvalue weighted by Crippen LogP contribution is -2.40. The first-order valence-electron chi connectivity index (χ1n) is 13.9. The number of allylic oxidation sites excluding steroid dienone is 1. The van der Waals surface area contributed by atoms with E-state index in [0.29, 0.717) is 50.8 Å². The van der Waals surface area contributed by atoms with Gasteiger partial charge < -0.3 is 39.4 Å². The van der Waals surface area contributed by atoms with E-state index in [0.717, 1.165) is 11.8 Å². The number of pyridine rings is 1. The summed E-state index contributed by atoms with van der Waals surface area (Å²) in [6.45, 7) is 4.03. The molecular weight excluding hydrogens is 564 g/mol. The summed E-state index contributed by atoms with van der Waals surface area (Å²) in [6.07, 6.45) is 2.71. The molecule has 1 amide bonds. The number of nitro groups is 1. The van der Waals surface area contributed by atoms with Crippen LogP contribution in [0.25, 0.3) is 0 Å². The number of rotatable bonds is 18. The zero-order chi connectivity index (χ0) is 31.0. The van der Waals surface area contributed by atoms with Crippen molar-refractivity contribution in [3.8, 4) is 0 Å². The Morgan fingerprint density at radius 2 is 1.81 bits per heavy atom. The van der Waals surface area contributed by atoms with Gasteiger partial charge in [0.1, 0.15) is 12.0 Å². The molecule has 3 rings (SSSR count). The molecule has 3 atom stereocenters. The molecule has 43 heavy (non-hydrogen) atoms. The normalized spacial score (nSPS) is 17.8. The fourth-order valence-corrected chi connectivity index (χ4v) is 4.44. The summed E-state index contributed by atoms with van der Waals surface area (Å²) in [5.74, 6) is -0.862. The van der Waals surface area contributed by atoms with Gasteiger partial charge in [0, 0.05) is 44.2 Å². The van der Waals surface area contributed by atoms with Crippen LogP contribution in [0.1, 0.15) is 35.2 Å². The van der Waals surface area contributed by atoms with Crippen LogP contribution in [0.3, 0.4) is 0 Å². The van der Waals surface area contributed by atoms with Crippen molar-refractivity contribution in [3.63, 3.8) is 0 Å². The number of amides is 1. The number of methoxy groups -OCH3 is 1. The Balaban J connectivity index is 1.70. The minimum Gasteiger partial charge on any atom is -0.465 e. The average Bonchev–Trinajstić information content (AvgIpc) is 3.03. The standard InChI is InChI=1S/C29H38N4O10/c1-3-42-29-23(10-14-40-16-17-41-15-13-34)24(20-4-6-21(7-5-20)28(36)39-2)18-25(43-29)27(35)31-12-11-30-26-9-8-22(19-32-26)33(37)38/h4-9,18-19,23-24,29,34H,3,10-17H2,1-2H3,(H,30,32)(H,31,35)/t23-,24+,29+/m0/s1. The Morgan fingerprint density at radius 1 is 1.07 bits per heavy atom. The number of esters is 1. The third kappa shape index (κ3) is 10.3. The number of aliphatic hydroxyl groups excluding tert-OH is 1. The Bertz CT molecular complexity index is 1210. The number of nitrogens with zero attached hydrogens (tertiary/aromatic N) is 2. The summed E-state index contributed by atoms with van der Waals surface area (Å²) in [6, 6.07) is 9.80. The van der Waals surface area contributed by atoms with E-state index in [-0.39, 0.29) is 43.0 Å². The molecule has 0 spiro atoms.